The van der Waals surface area contributed by atoms with Crippen molar-refractivity contribution in [3.05, 3.63) is 56.7 Å². The van der Waals surface area contributed by atoms with E-state index in [4.69, 9.17) is 0 Å². The molecule has 2 N–H and O–H groups in total. The molecule has 21 heavy (non-hydrogen) atoms. The summed E-state index contributed by atoms with van der Waals surface area (Å²) in [5, 5.41) is 5.15. The van der Waals surface area contributed by atoms with Crippen molar-refractivity contribution in [3.63, 3.8) is 0 Å². The SMILES string of the molecule is O=C(Cn1c(=O)[nH]c(=O)c2ccccc21)Nc1nccs1. The molecule has 106 valence electrons. The van der Waals surface area contributed by atoms with E-state index in [2.05, 4.69) is 15.3 Å². The molecule has 3 rings (SSSR count). The van der Waals surface area contributed by atoms with Crippen molar-refractivity contribution in [1.29, 1.82) is 0 Å². The molecule has 3 aromatic rings. The Morgan fingerprint density at radius 3 is 2.90 bits per heavy atom. The lowest BCUT2D eigenvalue weighted by molar-refractivity contribution is -0.116. The van der Waals surface area contributed by atoms with Crippen molar-refractivity contribution in [2.24, 2.45) is 0 Å². The standard InChI is InChI=1S/C13H10N4O3S/c18-10(15-12-14-5-6-21-12)7-17-9-4-2-1-3-8(9)11(19)16-13(17)20/h1-6H,7H2,(H,14,15,18)(H,16,19,20). The number of hydrogen-bond acceptors (Lipinski definition) is 5. The molecule has 0 saturated carbocycles. The molecule has 0 fully saturated rings. The molecule has 0 radical (unpaired) electrons. The van der Waals surface area contributed by atoms with Crippen LogP contribution in [0.5, 0.6) is 0 Å². The van der Waals surface area contributed by atoms with E-state index in [9.17, 15) is 14.4 Å². The first kappa shape index (κ1) is 13.3. The van der Waals surface area contributed by atoms with Crippen molar-refractivity contribution < 1.29 is 4.79 Å². The van der Waals surface area contributed by atoms with Crippen LogP contribution in [0.3, 0.4) is 0 Å². The van der Waals surface area contributed by atoms with E-state index in [-0.39, 0.29) is 12.5 Å². The van der Waals surface area contributed by atoms with Gasteiger partial charge in [0.05, 0.1) is 10.9 Å². The molecule has 0 unspecified atom stereocenters. The molecule has 1 aromatic carbocycles. The van der Waals surface area contributed by atoms with Crippen LogP contribution in [-0.2, 0) is 11.3 Å². The normalized spacial score (nSPS) is 10.7. The van der Waals surface area contributed by atoms with E-state index in [0.717, 1.165) is 0 Å². The predicted octanol–water partition coefficient (Wildman–Crippen LogP) is 0.785. The zero-order valence-corrected chi connectivity index (χ0v) is 11.5. The van der Waals surface area contributed by atoms with Gasteiger partial charge in [-0.3, -0.25) is 19.1 Å². The van der Waals surface area contributed by atoms with Gasteiger partial charge < -0.3 is 5.32 Å². The zero-order valence-electron chi connectivity index (χ0n) is 10.7. The Hall–Kier alpha value is -2.74. The quantitative estimate of drug-likeness (QED) is 0.747. The predicted molar refractivity (Wildman–Crippen MR) is 79.6 cm³/mol. The third kappa shape index (κ3) is 2.61. The Balaban J connectivity index is 1.99. The van der Waals surface area contributed by atoms with Gasteiger partial charge in [0.2, 0.25) is 5.91 Å². The molecule has 8 heteroatoms. The highest BCUT2D eigenvalue weighted by atomic mass is 32.1. The molecule has 0 aliphatic carbocycles. The minimum atomic E-state index is -0.618. The summed E-state index contributed by atoms with van der Waals surface area (Å²) in [5.74, 6) is -0.385. The molecule has 2 aromatic heterocycles. The van der Waals surface area contributed by atoms with E-state index >= 15 is 0 Å². The molecule has 0 atom stereocenters. The first-order valence-corrected chi connectivity index (χ1v) is 6.94. The number of aromatic amines is 1. The molecule has 1 amide bonds. The second kappa shape index (κ2) is 5.33. The molecular weight excluding hydrogens is 292 g/mol. The number of rotatable bonds is 3. The number of carbonyl (C=O) groups excluding carboxylic acids is 1. The van der Waals surface area contributed by atoms with Gasteiger partial charge >= 0.3 is 5.69 Å². The highest BCUT2D eigenvalue weighted by Crippen LogP contribution is 2.11. The number of carbonyl (C=O) groups is 1. The van der Waals surface area contributed by atoms with Crippen molar-refractivity contribution in [2.45, 2.75) is 6.54 Å². The van der Waals surface area contributed by atoms with Gasteiger partial charge in [-0.2, -0.15) is 0 Å². The maximum absolute atomic E-state index is 12.0. The van der Waals surface area contributed by atoms with E-state index < -0.39 is 11.2 Å². The minimum Gasteiger partial charge on any atom is -0.300 e. The van der Waals surface area contributed by atoms with E-state index in [0.29, 0.717) is 16.0 Å². The zero-order chi connectivity index (χ0) is 14.8. The summed E-state index contributed by atoms with van der Waals surface area (Å²) in [7, 11) is 0. The number of fused-ring (bicyclic) bond motifs is 1. The average molecular weight is 302 g/mol. The molecule has 2 heterocycles. The Kier molecular flexibility index (Phi) is 3.36. The lowest BCUT2D eigenvalue weighted by atomic mass is 10.2. The van der Waals surface area contributed by atoms with Crippen LogP contribution in [0.2, 0.25) is 0 Å². The first-order valence-electron chi connectivity index (χ1n) is 6.06. The number of amides is 1. The monoisotopic (exact) mass is 302 g/mol. The van der Waals surface area contributed by atoms with Crippen LogP contribution >= 0.6 is 11.3 Å². The fourth-order valence-electron chi connectivity index (χ4n) is 1.99. The van der Waals surface area contributed by atoms with E-state index in [1.807, 2.05) is 0 Å². The topological polar surface area (TPSA) is 96.9 Å². The van der Waals surface area contributed by atoms with Crippen LogP contribution in [0.1, 0.15) is 0 Å². The average Bonchev–Trinajstić information content (AvgIpc) is 2.96. The fraction of sp³-hybridized carbons (Fsp3) is 0.0769. The largest absolute Gasteiger partial charge is 0.329 e. The highest BCUT2D eigenvalue weighted by molar-refractivity contribution is 7.13. The summed E-state index contributed by atoms with van der Waals surface area (Å²) in [6, 6.07) is 6.63. The lowest BCUT2D eigenvalue weighted by Crippen LogP contribution is -2.33. The Morgan fingerprint density at radius 2 is 2.14 bits per heavy atom. The summed E-state index contributed by atoms with van der Waals surface area (Å²) in [5.41, 5.74) is -0.666. The number of aromatic nitrogens is 3. The first-order chi connectivity index (χ1) is 10.1. The Morgan fingerprint density at radius 1 is 1.33 bits per heavy atom. The molecule has 7 nitrogen and oxygen atoms in total. The third-order valence-electron chi connectivity index (χ3n) is 2.89. The maximum atomic E-state index is 12.0. The number of thiazole rings is 1. The van der Waals surface area contributed by atoms with Crippen LogP contribution < -0.4 is 16.6 Å². The Labute approximate surface area is 121 Å². The van der Waals surface area contributed by atoms with Crippen LogP contribution in [0.15, 0.2) is 45.4 Å². The second-order valence-electron chi connectivity index (χ2n) is 4.25. The number of hydrogen-bond donors (Lipinski definition) is 2. The van der Waals surface area contributed by atoms with Crippen LogP contribution in [0.4, 0.5) is 5.13 Å². The van der Waals surface area contributed by atoms with Gasteiger partial charge in [0, 0.05) is 11.6 Å². The number of nitrogens with one attached hydrogen (secondary N) is 2. The maximum Gasteiger partial charge on any atom is 0.329 e. The number of anilines is 1. The molecule has 0 bridgehead atoms. The molecule has 0 saturated heterocycles. The van der Waals surface area contributed by atoms with Gasteiger partial charge in [-0.15, -0.1) is 11.3 Å². The molecule has 0 aliphatic rings. The number of para-hydroxylation sites is 1. The fourth-order valence-corrected chi connectivity index (χ4v) is 2.53. The summed E-state index contributed by atoms with van der Waals surface area (Å²) in [6.07, 6.45) is 1.57. The lowest BCUT2D eigenvalue weighted by Gasteiger charge is -2.08. The Bertz CT molecular complexity index is 911. The molecule has 0 aliphatic heterocycles. The van der Waals surface area contributed by atoms with Crippen LogP contribution in [0, 0.1) is 0 Å². The van der Waals surface area contributed by atoms with Crippen LogP contribution in [-0.4, -0.2) is 20.4 Å². The van der Waals surface area contributed by atoms with Crippen molar-refractivity contribution in [2.75, 3.05) is 5.32 Å². The van der Waals surface area contributed by atoms with E-state index in [1.165, 1.54) is 15.9 Å². The molecular formula is C13H10N4O3S. The number of H-pyrrole nitrogens is 1. The minimum absolute atomic E-state index is 0.199. The van der Waals surface area contributed by atoms with Gasteiger partial charge in [0.1, 0.15) is 6.54 Å². The van der Waals surface area contributed by atoms with Crippen molar-refractivity contribution in [1.82, 2.24) is 14.5 Å². The summed E-state index contributed by atoms with van der Waals surface area (Å²) in [4.78, 5) is 41.7. The van der Waals surface area contributed by atoms with E-state index in [1.54, 1.807) is 35.8 Å². The molecule has 0 spiro atoms. The summed E-state index contributed by atoms with van der Waals surface area (Å²) >= 11 is 1.28. The van der Waals surface area contributed by atoms with Gasteiger partial charge in [-0.25, -0.2) is 9.78 Å². The number of benzene rings is 1. The van der Waals surface area contributed by atoms with Gasteiger partial charge in [0.25, 0.3) is 5.56 Å². The second-order valence-corrected chi connectivity index (χ2v) is 5.14. The van der Waals surface area contributed by atoms with Crippen molar-refractivity contribution >= 4 is 33.3 Å². The van der Waals surface area contributed by atoms with Crippen molar-refractivity contribution in [3.8, 4) is 0 Å². The van der Waals surface area contributed by atoms with Gasteiger partial charge in [-0.1, -0.05) is 12.1 Å². The highest BCUT2D eigenvalue weighted by Gasteiger charge is 2.11. The summed E-state index contributed by atoms with van der Waals surface area (Å²) in [6.45, 7) is -0.199. The van der Waals surface area contributed by atoms with Crippen LogP contribution in [0.25, 0.3) is 10.9 Å². The van der Waals surface area contributed by atoms with Gasteiger partial charge in [0.15, 0.2) is 5.13 Å². The third-order valence-corrected chi connectivity index (χ3v) is 3.57. The number of nitrogens with zero attached hydrogens (tertiary/aromatic N) is 2. The smallest absolute Gasteiger partial charge is 0.300 e. The summed E-state index contributed by atoms with van der Waals surface area (Å²) < 4.78 is 1.22. The van der Waals surface area contributed by atoms with Gasteiger partial charge in [-0.05, 0) is 12.1 Å².